The molecule has 0 amide bonds. The van der Waals surface area contributed by atoms with Gasteiger partial charge in [0.05, 0.1) is 24.4 Å². The van der Waals surface area contributed by atoms with Gasteiger partial charge in [-0.3, -0.25) is 14.4 Å². The van der Waals surface area contributed by atoms with E-state index in [-0.39, 0.29) is 55.7 Å². The van der Waals surface area contributed by atoms with Gasteiger partial charge in [0.1, 0.15) is 28.8 Å². The molecule has 0 radical (unpaired) electrons. The summed E-state index contributed by atoms with van der Waals surface area (Å²) in [5, 5.41) is 0. The second-order valence-electron chi connectivity index (χ2n) is 48.9. The summed E-state index contributed by atoms with van der Waals surface area (Å²) in [4.78, 5) is 38.6. The third kappa shape index (κ3) is 38.1. The average Bonchev–Trinajstić information content (AvgIpc) is 0.808. The van der Waals surface area contributed by atoms with Crippen LogP contribution in [0, 0.1) is 101 Å². The SMILES string of the molecule is CCCC1CCC(c2ccc(OC(=O)C3CCC(C4CCC(CCC)CC4)CC3)cc2)CC1.CCCCC1CCC(c2ccc(OC(=O)C3CCC(C4CCC(CCC)CC4)CC3)cc2)CC1.CCCCCC1CCC(c2ccc(OC(=O)C3CCC(C4CCC(CCC)CC4)CC3)cc2)CC1.CCCCCC1CCC(c2ccc(OCC)cc2)CC1.CCCc1ccc(-c2ccc(-c3ccc(CCC)cc3)c(F)c2)cc1.[HH].[HH].[HH].[HH].[HH].[HH].[HH].[HH].[HH].[HH]. The maximum Gasteiger partial charge on any atom is 0.314 e. The molecule has 0 saturated heterocycles. The van der Waals surface area contributed by atoms with Crippen molar-refractivity contribution < 1.29 is 52.0 Å². The van der Waals surface area contributed by atoms with Gasteiger partial charge >= 0.3 is 17.9 Å². The molecule has 0 aliphatic heterocycles. The molecule has 10 fully saturated rings. The van der Waals surface area contributed by atoms with Gasteiger partial charge in [-0.05, 0) is 443 Å². The number of carbonyl (C=O) groups excluding carboxylic acids is 3. The molecule has 0 N–H and O–H groups in total. The Bertz CT molecular complexity index is 4750. The standard InChI is InChI=1S/C33H52O2.C32H50O2.C31H48O2.C24H25F.C19H30O.10H2/c1-3-5-6-8-26-11-15-28(16-12-26)30-21-23-32(24-22-30)35-33(34)31-19-17-29(18-20-31)27-13-9-25(7-4-2)10-14-27;1-3-5-7-25-10-14-27(15-11-25)29-20-22-31(23-21-29)34-32(33)30-18-16-28(17-19-30)26-12-8-24(6-4-2)9-13-26;1-3-5-23-7-11-25(12-8-23)27-15-17-29(18-16-27)31(32)33-30-21-19-28(20-22-30)26-13-9-24(6-4-2)10-14-26;1-3-5-18-7-11-20(12-8-18)22-15-16-23(24(25)17-22)21-13-9-19(6-4-2)10-14-21;1-3-5-6-7-16-8-10-17(11-9-16)18-12-14-19(15-13-18)20-4-2;;;;;;;;;;/h21-29,31H,3-20H2,1-2H3;20-28,30H,3-19H2,1-2H3;19-27,29H,3-18H2,1-2H3;7-17H,3-6H2,1-2H3;12-17H,3-11H2,1-2H3;10*1H. The van der Waals surface area contributed by atoms with E-state index in [0.29, 0.717) is 23.3 Å². The van der Waals surface area contributed by atoms with E-state index in [9.17, 15) is 18.8 Å². The maximum atomic E-state index is 14.7. The Labute approximate surface area is 911 Å². The number of carbonyl (C=O) groups is 3. The first-order valence-electron chi connectivity index (χ1n) is 62.7. The molecule has 0 aromatic heterocycles. The fourth-order valence-electron chi connectivity index (χ4n) is 29.2. The number of unbranched alkanes of at least 4 members (excludes halogenated alkanes) is 5. The number of hydrogen-bond acceptors (Lipinski definition) is 7. The molecule has 0 unspecified atom stereocenters. The van der Waals surface area contributed by atoms with Crippen LogP contribution in [0.25, 0.3) is 22.3 Å². The zero-order chi connectivity index (χ0) is 103. The highest BCUT2D eigenvalue weighted by Gasteiger charge is 2.39. The molecule has 7 aromatic rings. The van der Waals surface area contributed by atoms with Crippen LogP contribution in [0.5, 0.6) is 23.0 Å². The zero-order valence-corrected chi connectivity index (χ0v) is 94.6. The molecule has 10 saturated carbocycles. The smallest absolute Gasteiger partial charge is 0.314 e. The predicted molar refractivity (Wildman–Crippen MR) is 639 cm³/mol. The summed E-state index contributed by atoms with van der Waals surface area (Å²) in [5.74, 6) is 18.3. The van der Waals surface area contributed by atoms with E-state index in [0.717, 1.165) is 193 Å². The molecule has 830 valence electrons. The molecule has 0 spiro atoms. The van der Waals surface area contributed by atoms with E-state index >= 15 is 0 Å². The van der Waals surface area contributed by atoms with Crippen LogP contribution in [0.1, 0.15) is 532 Å². The number of ether oxygens (including phenoxy) is 4. The van der Waals surface area contributed by atoms with Gasteiger partial charge in [-0.2, -0.15) is 0 Å². The van der Waals surface area contributed by atoms with Crippen molar-refractivity contribution in [2.75, 3.05) is 6.61 Å². The Balaban J connectivity index is 0.000000501. The minimum Gasteiger partial charge on any atom is -0.494 e. The first-order valence-corrected chi connectivity index (χ1v) is 62.7. The maximum absolute atomic E-state index is 14.7. The average molecular weight is 2030 g/mol. The monoisotopic (exact) mass is 2030 g/mol. The van der Waals surface area contributed by atoms with Crippen LogP contribution in [-0.4, -0.2) is 24.5 Å². The fraction of sp³-hybridized carbons (Fsp3) is 0.676. The molecule has 0 atom stereocenters. The largest absolute Gasteiger partial charge is 0.494 e. The van der Waals surface area contributed by atoms with E-state index in [2.05, 4.69) is 159 Å². The Morgan fingerprint density at radius 3 is 0.741 bits per heavy atom. The molecule has 0 bridgehead atoms. The van der Waals surface area contributed by atoms with Crippen LogP contribution in [0.2, 0.25) is 0 Å². The number of hydrogen-bond donors (Lipinski definition) is 0. The van der Waals surface area contributed by atoms with E-state index in [1.54, 1.807) is 6.07 Å². The van der Waals surface area contributed by atoms with Gasteiger partial charge in [0.15, 0.2) is 0 Å². The molecule has 147 heavy (non-hydrogen) atoms. The topological polar surface area (TPSA) is 88.1 Å². The summed E-state index contributed by atoms with van der Waals surface area (Å²) in [5.41, 5.74) is 12.0. The van der Waals surface area contributed by atoms with Crippen molar-refractivity contribution in [2.45, 2.75) is 497 Å². The lowest BCUT2D eigenvalue weighted by molar-refractivity contribution is -0.141. The van der Waals surface area contributed by atoms with Crippen LogP contribution < -0.4 is 18.9 Å². The minimum atomic E-state index is -0.168. The fourth-order valence-corrected chi connectivity index (χ4v) is 29.2. The lowest BCUT2D eigenvalue weighted by Crippen LogP contribution is -2.30. The van der Waals surface area contributed by atoms with Crippen molar-refractivity contribution in [2.24, 2.45) is 94.7 Å². The zero-order valence-electron chi connectivity index (χ0n) is 94.6. The van der Waals surface area contributed by atoms with Gasteiger partial charge in [0.2, 0.25) is 0 Å². The van der Waals surface area contributed by atoms with Crippen molar-refractivity contribution in [1.82, 2.24) is 0 Å². The predicted octanol–water partition coefficient (Wildman–Crippen LogP) is 43.9. The third-order valence-electron chi connectivity index (χ3n) is 38.5. The second-order valence-corrected chi connectivity index (χ2v) is 48.9. The molecule has 0 heterocycles. The highest BCUT2D eigenvalue weighted by atomic mass is 19.1. The number of halogens is 1. The van der Waals surface area contributed by atoms with Gasteiger partial charge < -0.3 is 18.9 Å². The Morgan fingerprint density at radius 1 is 0.238 bits per heavy atom. The van der Waals surface area contributed by atoms with Crippen molar-refractivity contribution in [1.29, 1.82) is 0 Å². The molecule has 7 nitrogen and oxygen atoms in total. The van der Waals surface area contributed by atoms with E-state index in [1.165, 1.54) is 374 Å². The highest BCUT2D eigenvalue weighted by molar-refractivity contribution is 5.77. The number of benzene rings is 7. The van der Waals surface area contributed by atoms with E-state index in [1.807, 2.05) is 67.6 Å². The van der Waals surface area contributed by atoms with Crippen LogP contribution >= 0.6 is 0 Å². The summed E-state index contributed by atoms with van der Waals surface area (Å²) in [6.45, 7) is 23.3. The van der Waals surface area contributed by atoms with E-state index in [4.69, 9.17) is 18.9 Å². The number of esters is 3. The lowest BCUT2D eigenvalue weighted by Gasteiger charge is -2.37. The van der Waals surface area contributed by atoms with Crippen LogP contribution in [0.3, 0.4) is 0 Å². The van der Waals surface area contributed by atoms with Crippen molar-refractivity contribution in [3.8, 4) is 45.3 Å². The molecular formula is C139H225FO7. The van der Waals surface area contributed by atoms with Crippen molar-refractivity contribution in [3.63, 3.8) is 0 Å². The Hall–Kier alpha value is -7.32. The van der Waals surface area contributed by atoms with Crippen molar-refractivity contribution >= 4 is 17.9 Å². The first kappa shape index (κ1) is 117. The molecule has 10 aliphatic carbocycles. The molecule has 8 heteroatoms. The number of aryl methyl sites for hydroxylation is 2. The summed E-state index contributed by atoms with van der Waals surface area (Å²) < 4.78 is 37.7. The highest BCUT2D eigenvalue weighted by Crippen LogP contribution is 2.50. The minimum absolute atomic E-state index is 0. The Morgan fingerprint density at radius 2 is 0.483 bits per heavy atom. The van der Waals surface area contributed by atoms with Gasteiger partial charge in [-0.25, -0.2) is 4.39 Å². The third-order valence-corrected chi connectivity index (χ3v) is 38.5. The molecule has 7 aromatic carbocycles. The van der Waals surface area contributed by atoms with Gasteiger partial charge in [-0.15, -0.1) is 0 Å². The second kappa shape index (κ2) is 64.6. The summed E-state index contributed by atoms with van der Waals surface area (Å²) in [6.07, 6.45) is 83.3. The number of rotatable bonds is 40. The lowest BCUT2D eigenvalue weighted by atomic mass is 9.69. The first-order chi connectivity index (χ1) is 72.0. The van der Waals surface area contributed by atoms with Crippen LogP contribution in [-0.2, 0) is 27.2 Å². The van der Waals surface area contributed by atoms with Gasteiger partial charge in [0.25, 0.3) is 0 Å². The van der Waals surface area contributed by atoms with Gasteiger partial charge in [-0.1, -0.05) is 345 Å². The van der Waals surface area contributed by atoms with Crippen LogP contribution in [0.15, 0.2) is 164 Å². The van der Waals surface area contributed by atoms with Gasteiger partial charge in [0, 0.05) is 19.8 Å². The summed E-state index contributed by atoms with van der Waals surface area (Å²) in [6, 6.07) is 56.5. The molecular weight excluding hydrogens is 1800 g/mol. The quantitative estimate of drug-likeness (QED) is 0.0215. The normalized spacial score (nSPS) is 27.3. The summed E-state index contributed by atoms with van der Waals surface area (Å²) in [7, 11) is 0. The molecule has 10 aliphatic rings. The van der Waals surface area contributed by atoms with Crippen LogP contribution in [0.4, 0.5) is 4.39 Å². The Kier molecular flexibility index (Phi) is 51.3. The summed E-state index contributed by atoms with van der Waals surface area (Å²) >= 11 is 0. The van der Waals surface area contributed by atoms with E-state index < -0.39 is 0 Å². The van der Waals surface area contributed by atoms with Crippen molar-refractivity contribution in [3.05, 3.63) is 203 Å². The molecule has 17 rings (SSSR count).